The molecule has 0 N–H and O–H groups in total. The van der Waals surface area contributed by atoms with E-state index in [0.717, 1.165) is 29.7 Å². The van der Waals surface area contributed by atoms with Crippen molar-refractivity contribution >= 4 is 11.9 Å². The minimum absolute atomic E-state index is 0.0231. The third-order valence-electron chi connectivity index (χ3n) is 6.62. The van der Waals surface area contributed by atoms with Crippen LogP contribution in [-0.4, -0.2) is 39.0 Å². The molecule has 6 nitrogen and oxygen atoms in total. The molecule has 3 aromatic rings. The second-order valence-corrected chi connectivity index (χ2v) is 9.58. The van der Waals surface area contributed by atoms with Gasteiger partial charge < -0.3 is 14.2 Å². The van der Waals surface area contributed by atoms with Crippen molar-refractivity contribution < 1.29 is 18.7 Å². The Bertz CT molecular complexity index is 1190. The lowest BCUT2D eigenvalue weighted by molar-refractivity contribution is -0.154. The Morgan fingerprint density at radius 1 is 1.17 bits per heavy atom. The maximum absolute atomic E-state index is 13.8. The summed E-state index contributed by atoms with van der Waals surface area (Å²) < 4.78 is 21.3. The van der Waals surface area contributed by atoms with E-state index in [2.05, 4.69) is 4.57 Å². The zero-order valence-electron chi connectivity index (χ0n) is 21.2. The van der Waals surface area contributed by atoms with E-state index >= 15 is 0 Å². The molecule has 7 heteroatoms. The molecule has 0 saturated carbocycles. The van der Waals surface area contributed by atoms with Crippen molar-refractivity contribution in [1.82, 2.24) is 14.5 Å². The molecule has 0 radical (unpaired) electrons. The second kappa shape index (κ2) is 11.5. The van der Waals surface area contributed by atoms with Crippen LogP contribution in [0, 0.1) is 5.82 Å². The first-order valence-electron chi connectivity index (χ1n) is 12.8. The normalized spacial score (nSPS) is 15.7. The zero-order valence-corrected chi connectivity index (χ0v) is 21.2. The van der Waals surface area contributed by atoms with Crippen LogP contribution < -0.4 is 0 Å². The standard InChI is InChI=1S/C29H34FN3O3/c1-4-32(19-21-9-6-5-7-10-21)29(35)26-27(20(2)3)33(18-17-24-11-8-12-25(34)36-24)28(31-26)22-13-15-23(30)16-14-22/h5-7,9-10,13-16,20,24H,4,8,11-12,17-19H2,1-3H3. The van der Waals surface area contributed by atoms with Gasteiger partial charge >= 0.3 is 5.97 Å². The van der Waals surface area contributed by atoms with Crippen molar-refractivity contribution in [3.05, 3.63) is 77.4 Å². The van der Waals surface area contributed by atoms with Gasteiger partial charge in [-0.05, 0) is 55.5 Å². The molecule has 4 rings (SSSR count). The number of hydrogen-bond donors (Lipinski definition) is 0. The van der Waals surface area contributed by atoms with E-state index in [-0.39, 0.29) is 29.7 Å². The van der Waals surface area contributed by atoms with Crippen LogP contribution in [0.25, 0.3) is 11.4 Å². The van der Waals surface area contributed by atoms with Gasteiger partial charge in [0.2, 0.25) is 0 Å². The molecule has 1 unspecified atom stereocenters. The van der Waals surface area contributed by atoms with E-state index in [1.54, 1.807) is 17.0 Å². The molecule has 1 aliphatic rings. The quantitative estimate of drug-likeness (QED) is 0.347. The van der Waals surface area contributed by atoms with Gasteiger partial charge in [0, 0.05) is 38.0 Å². The Balaban J connectivity index is 1.72. The molecule has 1 saturated heterocycles. The van der Waals surface area contributed by atoms with Crippen LogP contribution in [0.15, 0.2) is 54.6 Å². The molecule has 1 fully saturated rings. The summed E-state index contributed by atoms with van der Waals surface area (Å²) >= 11 is 0. The molecule has 1 aliphatic heterocycles. The first-order chi connectivity index (χ1) is 17.4. The zero-order chi connectivity index (χ0) is 25.7. The van der Waals surface area contributed by atoms with Gasteiger partial charge in [0.05, 0.1) is 5.69 Å². The minimum Gasteiger partial charge on any atom is -0.462 e. The third-order valence-corrected chi connectivity index (χ3v) is 6.62. The number of halogens is 1. The molecule has 0 spiro atoms. The number of nitrogens with zero attached hydrogens (tertiary/aromatic N) is 3. The van der Waals surface area contributed by atoms with Gasteiger partial charge in [-0.25, -0.2) is 9.37 Å². The Morgan fingerprint density at radius 2 is 1.89 bits per heavy atom. The number of cyclic esters (lactones) is 1. The monoisotopic (exact) mass is 491 g/mol. The summed E-state index contributed by atoms with van der Waals surface area (Å²) in [4.78, 5) is 32.3. The Morgan fingerprint density at radius 3 is 2.53 bits per heavy atom. The molecule has 0 bridgehead atoms. The van der Waals surface area contributed by atoms with Crippen LogP contribution in [0.4, 0.5) is 4.39 Å². The average Bonchev–Trinajstić information content (AvgIpc) is 3.26. The average molecular weight is 492 g/mol. The van der Waals surface area contributed by atoms with Gasteiger partial charge in [-0.2, -0.15) is 0 Å². The number of benzene rings is 2. The molecule has 0 aliphatic carbocycles. The van der Waals surface area contributed by atoms with Gasteiger partial charge in [0.15, 0.2) is 5.69 Å². The largest absolute Gasteiger partial charge is 0.462 e. The highest BCUT2D eigenvalue weighted by molar-refractivity contribution is 5.94. The van der Waals surface area contributed by atoms with E-state index < -0.39 is 0 Å². The van der Waals surface area contributed by atoms with Crippen LogP contribution in [0.5, 0.6) is 0 Å². The lowest BCUT2D eigenvalue weighted by atomic mass is 10.0. The van der Waals surface area contributed by atoms with E-state index in [4.69, 9.17) is 9.72 Å². The molecular weight excluding hydrogens is 457 g/mol. The van der Waals surface area contributed by atoms with Crippen molar-refractivity contribution in [1.29, 1.82) is 0 Å². The third kappa shape index (κ3) is 5.83. The fraction of sp³-hybridized carbons (Fsp3) is 0.414. The molecule has 1 amide bonds. The molecule has 2 heterocycles. The van der Waals surface area contributed by atoms with E-state index in [9.17, 15) is 14.0 Å². The summed E-state index contributed by atoms with van der Waals surface area (Å²) in [7, 11) is 0. The molecule has 2 aromatic carbocycles. The summed E-state index contributed by atoms with van der Waals surface area (Å²) in [6, 6.07) is 16.1. The highest BCUT2D eigenvalue weighted by Gasteiger charge is 2.29. The van der Waals surface area contributed by atoms with E-state index in [0.29, 0.717) is 44.0 Å². The predicted molar refractivity (Wildman–Crippen MR) is 137 cm³/mol. The minimum atomic E-state index is -0.327. The fourth-order valence-corrected chi connectivity index (χ4v) is 4.79. The molecule has 1 atom stereocenters. The van der Waals surface area contributed by atoms with Gasteiger partial charge in [-0.15, -0.1) is 0 Å². The SMILES string of the molecule is CCN(Cc1ccccc1)C(=O)c1nc(-c2ccc(F)cc2)n(CCC2CCCC(=O)O2)c1C(C)C. The lowest BCUT2D eigenvalue weighted by Gasteiger charge is -2.24. The predicted octanol–water partition coefficient (Wildman–Crippen LogP) is 5.96. The smallest absolute Gasteiger partial charge is 0.306 e. The summed E-state index contributed by atoms with van der Waals surface area (Å²) in [5.41, 5.74) is 3.05. The first kappa shape index (κ1) is 25.6. The second-order valence-electron chi connectivity index (χ2n) is 9.58. The lowest BCUT2D eigenvalue weighted by Crippen LogP contribution is -2.31. The summed E-state index contributed by atoms with van der Waals surface area (Å²) in [5.74, 6) is 0.0349. The van der Waals surface area contributed by atoms with Crippen LogP contribution in [0.1, 0.15) is 74.1 Å². The number of carbonyl (C=O) groups is 2. The summed E-state index contributed by atoms with van der Waals surface area (Å²) in [6.07, 6.45) is 2.59. The van der Waals surface area contributed by atoms with Crippen LogP contribution in [0.2, 0.25) is 0 Å². The maximum atomic E-state index is 13.8. The van der Waals surface area contributed by atoms with Crippen LogP contribution in [0.3, 0.4) is 0 Å². The summed E-state index contributed by atoms with van der Waals surface area (Å²) in [6.45, 7) is 7.64. The number of aromatic nitrogens is 2. The number of ether oxygens (including phenoxy) is 1. The summed E-state index contributed by atoms with van der Waals surface area (Å²) in [5, 5.41) is 0. The number of amides is 1. The number of hydrogen-bond acceptors (Lipinski definition) is 4. The van der Waals surface area contributed by atoms with Gasteiger partial charge in [0.25, 0.3) is 5.91 Å². The van der Waals surface area contributed by atoms with E-state index in [1.165, 1.54) is 12.1 Å². The van der Waals surface area contributed by atoms with Crippen LogP contribution in [-0.2, 0) is 22.6 Å². The van der Waals surface area contributed by atoms with Crippen molar-refractivity contribution in [2.45, 2.75) is 71.6 Å². The molecule has 36 heavy (non-hydrogen) atoms. The van der Waals surface area contributed by atoms with Crippen molar-refractivity contribution in [3.63, 3.8) is 0 Å². The highest BCUT2D eigenvalue weighted by atomic mass is 19.1. The topological polar surface area (TPSA) is 64.4 Å². The number of rotatable bonds is 9. The maximum Gasteiger partial charge on any atom is 0.306 e. The molecular formula is C29H34FN3O3. The Kier molecular flexibility index (Phi) is 8.18. The van der Waals surface area contributed by atoms with Crippen LogP contribution >= 0.6 is 0 Å². The van der Waals surface area contributed by atoms with Crippen molar-refractivity contribution in [2.75, 3.05) is 6.54 Å². The molecule has 1 aromatic heterocycles. The number of imidazole rings is 1. The van der Waals surface area contributed by atoms with Gasteiger partial charge in [-0.3, -0.25) is 9.59 Å². The van der Waals surface area contributed by atoms with E-state index in [1.807, 2.05) is 51.1 Å². The number of esters is 1. The fourth-order valence-electron chi connectivity index (χ4n) is 4.79. The molecule has 190 valence electrons. The Hall–Kier alpha value is -3.48. The Labute approximate surface area is 212 Å². The number of carbonyl (C=O) groups excluding carboxylic acids is 2. The van der Waals surface area contributed by atoms with Crippen molar-refractivity contribution in [3.8, 4) is 11.4 Å². The van der Waals surface area contributed by atoms with Crippen molar-refractivity contribution in [2.24, 2.45) is 0 Å². The first-order valence-corrected chi connectivity index (χ1v) is 12.8. The highest BCUT2D eigenvalue weighted by Crippen LogP contribution is 2.30. The van der Waals surface area contributed by atoms with Gasteiger partial charge in [-0.1, -0.05) is 44.2 Å². The van der Waals surface area contributed by atoms with Gasteiger partial charge in [0.1, 0.15) is 17.7 Å².